The zero-order valence-corrected chi connectivity index (χ0v) is 6.99. The van der Waals surface area contributed by atoms with Gasteiger partial charge in [-0.15, -0.1) is 17.5 Å². The Morgan fingerprint density at radius 3 is 2.92 bits per heavy atom. The molecule has 62 valence electrons. The van der Waals surface area contributed by atoms with E-state index < -0.39 is 0 Å². The van der Waals surface area contributed by atoms with E-state index in [1.54, 1.807) is 6.20 Å². The highest BCUT2D eigenvalue weighted by Gasteiger charge is 2.00. The fourth-order valence-electron chi connectivity index (χ4n) is 0.910. The van der Waals surface area contributed by atoms with Gasteiger partial charge in [0.2, 0.25) is 0 Å². The summed E-state index contributed by atoms with van der Waals surface area (Å²) in [6.45, 7) is 0. The molecule has 1 aromatic rings. The van der Waals surface area contributed by atoms with Crippen molar-refractivity contribution in [3.63, 3.8) is 0 Å². The van der Waals surface area contributed by atoms with Crippen LogP contribution in [-0.2, 0) is 0 Å². The van der Waals surface area contributed by atoms with Crippen molar-refractivity contribution in [1.29, 1.82) is 0 Å². The zero-order chi connectivity index (χ0) is 7.52. The molecule has 0 amide bonds. The smallest absolute Gasteiger partial charge is 0.167 e. The fraction of sp³-hybridized carbons (Fsp3) is 0. The summed E-state index contributed by atoms with van der Waals surface area (Å²) in [5, 5.41) is 7.06. The second kappa shape index (κ2) is 3.88. The quantitative estimate of drug-likeness (QED) is 0.608. The number of nitrogens with zero attached hydrogens (tertiary/aromatic N) is 2. The molecule has 1 aromatic carbocycles. The maximum Gasteiger partial charge on any atom is 0.167 e. The topological polar surface area (TPSA) is 34.0 Å². The largest absolute Gasteiger partial charge is 0.339 e. The first kappa shape index (κ1) is 8.74. The van der Waals surface area contributed by atoms with Crippen molar-refractivity contribution < 1.29 is 4.84 Å². The molecule has 0 fully saturated rings. The first-order chi connectivity index (χ1) is 5.47. The second-order valence-corrected chi connectivity index (χ2v) is 2.14. The van der Waals surface area contributed by atoms with Crippen LogP contribution in [0.25, 0.3) is 6.08 Å². The van der Waals surface area contributed by atoms with Gasteiger partial charge in [-0.1, -0.05) is 18.2 Å². The van der Waals surface area contributed by atoms with Crippen LogP contribution in [0, 0.1) is 0 Å². The normalized spacial score (nSPS) is 12.3. The predicted molar refractivity (Wildman–Crippen MR) is 48.2 cm³/mol. The summed E-state index contributed by atoms with van der Waals surface area (Å²) in [7, 11) is 0. The third-order valence-corrected chi connectivity index (χ3v) is 1.43. The van der Waals surface area contributed by atoms with Gasteiger partial charge in [0.15, 0.2) is 5.75 Å². The van der Waals surface area contributed by atoms with Crippen LogP contribution >= 0.6 is 12.4 Å². The van der Waals surface area contributed by atoms with Gasteiger partial charge in [0.25, 0.3) is 0 Å². The number of fused-ring (bicyclic) bond motifs is 1. The lowest BCUT2D eigenvalue weighted by Gasteiger charge is -1.97. The molecule has 0 spiro atoms. The molecule has 0 unspecified atom stereocenters. The molecule has 0 aliphatic carbocycles. The summed E-state index contributed by atoms with van der Waals surface area (Å²) in [4.78, 5) is 4.94. The number of halogens is 1. The Balaban J connectivity index is 0.000000720. The van der Waals surface area contributed by atoms with E-state index in [1.165, 1.54) is 0 Å². The molecule has 4 heteroatoms. The van der Waals surface area contributed by atoms with Gasteiger partial charge in [-0.05, 0) is 12.1 Å². The molecular weight excluding hydrogens is 176 g/mol. The van der Waals surface area contributed by atoms with Crippen molar-refractivity contribution in [3.05, 3.63) is 36.0 Å². The molecule has 0 N–H and O–H groups in total. The van der Waals surface area contributed by atoms with Crippen LogP contribution in [0.3, 0.4) is 0 Å². The summed E-state index contributed by atoms with van der Waals surface area (Å²) >= 11 is 0. The van der Waals surface area contributed by atoms with Crippen LogP contribution in [0.15, 0.2) is 40.9 Å². The van der Waals surface area contributed by atoms with E-state index >= 15 is 0 Å². The average Bonchev–Trinajstić information content (AvgIpc) is 2.28. The van der Waals surface area contributed by atoms with E-state index in [0.717, 1.165) is 11.3 Å². The molecule has 1 aliphatic heterocycles. The summed E-state index contributed by atoms with van der Waals surface area (Å²) in [6, 6.07) is 7.64. The summed E-state index contributed by atoms with van der Waals surface area (Å²) in [5.74, 6) is 0.741. The van der Waals surface area contributed by atoms with E-state index in [4.69, 9.17) is 4.84 Å². The van der Waals surface area contributed by atoms with E-state index in [-0.39, 0.29) is 12.4 Å². The summed E-state index contributed by atoms with van der Waals surface area (Å²) in [6.07, 6.45) is 3.46. The SMILES string of the molecule is C1=Cc2ccccc2ON=N1.Cl. The second-order valence-electron chi connectivity index (χ2n) is 2.14. The van der Waals surface area contributed by atoms with Crippen LogP contribution in [-0.4, -0.2) is 0 Å². The third kappa shape index (κ3) is 1.62. The molecule has 0 aromatic heterocycles. The maximum atomic E-state index is 4.94. The van der Waals surface area contributed by atoms with Gasteiger partial charge in [0.05, 0.1) is 6.20 Å². The molecular formula is C8H7ClN2O. The zero-order valence-electron chi connectivity index (χ0n) is 6.18. The first-order valence-electron chi connectivity index (χ1n) is 3.29. The molecule has 12 heavy (non-hydrogen) atoms. The molecule has 2 rings (SSSR count). The molecule has 0 saturated heterocycles. The average molecular weight is 183 g/mol. The van der Waals surface area contributed by atoms with Crippen LogP contribution in [0.1, 0.15) is 5.56 Å². The van der Waals surface area contributed by atoms with E-state index in [9.17, 15) is 0 Å². The van der Waals surface area contributed by atoms with E-state index in [0.29, 0.717) is 0 Å². The maximum absolute atomic E-state index is 4.94. The molecule has 0 saturated carbocycles. The van der Waals surface area contributed by atoms with Crippen LogP contribution < -0.4 is 4.84 Å². The van der Waals surface area contributed by atoms with Crippen molar-refractivity contribution in [2.24, 2.45) is 10.4 Å². The number of rotatable bonds is 0. The Bertz CT molecular complexity index is 323. The number of benzene rings is 1. The lowest BCUT2D eigenvalue weighted by Crippen LogP contribution is -1.81. The highest BCUT2D eigenvalue weighted by Crippen LogP contribution is 2.21. The van der Waals surface area contributed by atoms with Gasteiger partial charge in [0.1, 0.15) is 0 Å². The van der Waals surface area contributed by atoms with Crippen molar-refractivity contribution in [3.8, 4) is 5.75 Å². The molecule has 0 atom stereocenters. The molecule has 0 radical (unpaired) electrons. The van der Waals surface area contributed by atoms with E-state index in [2.05, 4.69) is 10.4 Å². The summed E-state index contributed by atoms with van der Waals surface area (Å²) < 4.78 is 0. The minimum absolute atomic E-state index is 0. The standard InChI is InChI=1S/C8H6N2O.ClH/c1-2-4-8-7(3-1)5-6-9-10-11-8;/h1-6H;1H. The van der Waals surface area contributed by atoms with Crippen LogP contribution in [0.4, 0.5) is 0 Å². The van der Waals surface area contributed by atoms with Crippen LogP contribution in [0.2, 0.25) is 0 Å². The Kier molecular flexibility index (Phi) is 2.82. The van der Waals surface area contributed by atoms with Crippen molar-refractivity contribution in [2.75, 3.05) is 0 Å². The van der Waals surface area contributed by atoms with Gasteiger partial charge < -0.3 is 4.84 Å². The number of hydrogen-bond acceptors (Lipinski definition) is 3. The number of hydrogen-bond donors (Lipinski definition) is 0. The lowest BCUT2D eigenvalue weighted by atomic mass is 10.2. The van der Waals surface area contributed by atoms with Crippen molar-refractivity contribution in [1.82, 2.24) is 0 Å². The summed E-state index contributed by atoms with van der Waals surface area (Å²) in [5.41, 5.74) is 0.998. The Morgan fingerprint density at radius 2 is 2.00 bits per heavy atom. The first-order valence-corrected chi connectivity index (χ1v) is 3.29. The highest BCUT2D eigenvalue weighted by atomic mass is 35.5. The van der Waals surface area contributed by atoms with Crippen molar-refractivity contribution in [2.45, 2.75) is 0 Å². The number of para-hydroxylation sites is 1. The molecule has 0 bridgehead atoms. The highest BCUT2D eigenvalue weighted by molar-refractivity contribution is 5.85. The Hall–Kier alpha value is -1.35. The van der Waals surface area contributed by atoms with Gasteiger partial charge in [0, 0.05) is 10.8 Å². The third-order valence-electron chi connectivity index (χ3n) is 1.43. The fourth-order valence-corrected chi connectivity index (χ4v) is 0.910. The van der Waals surface area contributed by atoms with Crippen molar-refractivity contribution >= 4 is 18.5 Å². The predicted octanol–water partition coefficient (Wildman–Crippen LogP) is 2.84. The van der Waals surface area contributed by atoms with Gasteiger partial charge in [-0.25, -0.2) is 0 Å². The Labute approximate surface area is 76.1 Å². The minimum Gasteiger partial charge on any atom is -0.339 e. The van der Waals surface area contributed by atoms with Gasteiger partial charge in [-0.3, -0.25) is 0 Å². The molecule has 1 aliphatic rings. The lowest BCUT2D eigenvalue weighted by molar-refractivity contribution is 0.313. The monoisotopic (exact) mass is 182 g/mol. The van der Waals surface area contributed by atoms with Gasteiger partial charge >= 0.3 is 0 Å². The minimum atomic E-state index is 0. The molecule has 3 nitrogen and oxygen atoms in total. The molecule has 1 heterocycles. The van der Waals surface area contributed by atoms with Gasteiger partial charge in [-0.2, -0.15) is 0 Å². The van der Waals surface area contributed by atoms with Crippen LogP contribution in [0.5, 0.6) is 5.75 Å². The van der Waals surface area contributed by atoms with E-state index in [1.807, 2.05) is 30.3 Å². The Morgan fingerprint density at radius 1 is 1.17 bits per heavy atom.